The topological polar surface area (TPSA) is 69.7 Å². The van der Waals surface area contributed by atoms with Gasteiger partial charge >= 0.3 is 5.97 Å². The van der Waals surface area contributed by atoms with Gasteiger partial charge in [-0.1, -0.05) is 19.9 Å². The second-order valence-corrected chi connectivity index (χ2v) is 5.58. The average Bonchev–Trinajstić information content (AvgIpc) is 2.16. The van der Waals surface area contributed by atoms with Crippen LogP contribution in [0.15, 0.2) is 12.2 Å². The Balaban J connectivity index is 4.13. The minimum absolute atomic E-state index is 0.167. The molecule has 0 heterocycles. The van der Waals surface area contributed by atoms with Gasteiger partial charge in [-0.05, 0) is 20.3 Å². The number of esters is 1. The smallest absolute Gasteiger partial charge is 0.333 e. The van der Waals surface area contributed by atoms with E-state index in [9.17, 15) is 13.2 Å². The van der Waals surface area contributed by atoms with Crippen LogP contribution in [0.1, 0.15) is 33.6 Å². The maximum Gasteiger partial charge on any atom is 0.333 e. The summed E-state index contributed by atoms with van der Waals surface area (Å²) in [5.41, 5.74) is 0.237. The highest BCUT2D eigenvalue weighted by Gasteiger charge is 2.19. The maximum absolute atomic E-state index is 11.4. The van der Waals surface area contributed by atoms with Crippen molar-refractivity contribution in [3.63, 3.8) is 0 Å². The Labute approximate surface area is 103 Å². The molecule has 6 heteroatoms. The first-order valence-corrected chi connectivity index (χ1v) is 7.09. The number of unbranched alkanes of at least 4 members (excludes halogenated alkanes) is 1. The quantitative estimate of drug-likeness (QED) is 0.288. The molecule has 0 fully saturated rings. The average molecular weight is 264 g/mol. The molecule has 0 aromatic rings. The van der Waals surface area contributed by atoms with E-state index in [0.29, 0.717) is 6.42 Å². The zero-order valence-corrected chi connectivity index (χ0v) is 11.4. The molecule has 0 bridgehead atoms. The number of hydrogen-bond acceptors (Lipinski definition) is 5. The van der Waals surface area contributed by atoms with Crippen molar-refractivity contribution in [3.8, 4) is 0 Å². The molecule has 5 nitrogen and oxygen atoms in total. The van der Waals surface area contributed by atoms with Gasteiger partial charge in [0.1, 0.15) is 11.9 Å². The highest BCUT2D eigenvalue weighted by molar-refractivity contribution is 7.86. The summed E-state index contributed by atoms with van der Waals surface area (Å²) in [7, 11) is -3.63. The molecular formula is C11H20O5S. The van der Waals surface area contributed by atoms with Gasteiger partial charge < -0.3 is 4.74 Å². The predicted molar refractivity (Wildman–Crippen MR) is 65.0 cm³/mol. The molecule has 0 aromatic heterocycles. The normalized spacial score (nSPS) is 13.1. The van der Waals surface area contributed by atoms with Gasteiger partial charge in [-0.3, -0.25) is 4.18 Å². The van der Waals surface area contributed by atoms with E-state index in [4.69, 9.17) is 8.92 Å². The van der Waals surface area contributed by atoms with Crippen molar-refractivity contribution in [2.45, 2.75) is 39.7 Å². The van der Waals surface area contributed by atoms with E-state index >= 15 is 0 Å². The highest BCUT2D eigenvalue weighted by atomic mass is 32.2. The molecule has 0 aliphatic heterocycles. The first-order valence-electron chi connectivity index (χ1n) is 5.52. The van der Waals surface area contributed by atoms with Gasteiger partial charge in [0.05, 0.1) is 6.61 Å². The van der Waals surface area contributed by atoms with E-state index in [1.165, 1.54) is 13.8 Å². The second kappa shape index (κ2) is 7.45. The largest absolute Gasteiger partial charge is 0.458 e. The Morgan fingerprint density at radius 1 is 1.41 bits per heavy atom. The Kier molecular flexibility index (Phi) is 7.06. The van der Waals surface area contributed by atoms with Crippen LogP contribution in [0.25, 0.3) is 0 Å². The van der Waals surface area contributed by atoms with Crippen LogP contribution in [0.2, 0.25) is 0 Å². The van der Waals surface area contributed by atoms with Gasteiger partial charge in [-0.2, -0.15) is 8.42 Å². The van der Waals surface area contributed by atoms with Crippen LogP contribution in [0, 0.1) is 0 Å². The van der Waals surface area contributed by atoms with Gasteiger partial charge in [0.15, 0.2) is 0 Å². The van der Waals surface area contributed by atoms with Crippen molar-refractivity contribution in [3.05, 3.63) is 12.2 Å². The summed E-state index contributed by atoms with van der Waals surface area (Å²) in [6.07, 6.45) is 0.792. The number of rotatable bonds is 8. The molecule has 17 heavy (non-hydrogen) atoms. The Bertz CT molecular complexity index is 358. The maximum atomic E-state index is 11.4. The monoisotopic (exact) mass is 264 g/mol. The molecule has 1 atom stereocenters. The SMILES string of the molecule is C=C(C)C(=O)OC(C)CS(=O)(=O)OCCCC. The Hall–Kier alpha value is -0.880. The summed E-state index contributed by atoms with van der Waals surface area (Å²) in [4.78, 5) is 11.1. The van der Waals surface area contributed by atoms with E-state index in [-0.39, 0.29) is 17.9 Å². The minimum atomic E-state index is -3.63. The van der Waals surface area contributed by atoms with Crippen LogP contribution in [-0.4, -0.2) is 32.9 Å². The van der Waals surface area contributed by atoms with Crippen molar-refractivity contribution in [2.75, 3.05) is 12.4 Å². The first-order chi connectivity index (χ1) is 7.78. The molecule has 100 valence electrons. The van der Waals surface area contributed by atoms with Crippen LogP contribution in [0.3, 0.4) is 0 Å². The van der Waals surface area contributed by atoms with E-state index in [1.807, 2.05) is 6.92 Å². The molecule has 0 saturated heterocycles. The number of carbonyl (C=O) groups excluding carboxylic acids is 1. The van der Waals surface area contributed by atoms with Crippen molar-refractivity contribution < 1.29 is 22.1 Å². The van der Waals surface area contributed by atoms with Crippen molar-refractivity contribution in [2.24, 2.45) is 0 Å². The van der Waals surface area contributed by atoms with Gasteiger partial charge in [0, 0.05) is 5.57 Å². The number of hydrogen-bond donors (Lipinski definition) is 0. The minimum Gasteiger partial charge on any atom is -0.458 e. The van der Waals surface area contributed by atoms with Gasteiger partial charge in [-0.15, -0.1) is 0 Å². The number of carbonyl (C=O) groups is 1. The molecule has 0 saturated carbocycles. The van der Waals surface area contributed by atoms with Crippen molar-refractivity contribution in [1.82, 2.24) is 0 Å². The van der Waals surface area contributed by atoms with Crippen LogP contribution < -0.4 is 0 Å². The summed E-state index contributed by atoms with van der Waals surface area (Å²) < 4.78 is 32.5. The lowest BCUT2D eigenvalue weighted by atomic mass is 10.3. The van der Waals surface area contributed by atoms with Gasteiger partial charge in [0.25, 0.3) is 10.1 Å². The molecule has 1 unspecified atom stereocenters. The first kappa shape index (κ1) is 16.1. The fourth-order valence-electron chi connectivity index (χ4n) is 0.983. The fourth-order valence-corrected chi connectivity index (χ4v) is 2.09. The van der Waals surface area contributed by atoms with Crippen LogP contribution >= 0.6 is 0 Å². The summed E-state index contributed by atoms with van der Waals surface area (Å²) >= 11 is 0. The zero-order valence-electron chi connectivity index (χ0n) is 10.6. The fraction of sp³-hybridized carbons (Fsp3) is 0.727. The highest BCUT2D eigenvalue weighted by Crippen LogP contribution is 2.04. The predicted octanol–water partition coefficient (Wildman–Crippen LogP) is 1.64. The molecule has 0 aromatic carbocycles. The summed E-state index contributed by atoms with van der Waals surface area (Å²) in [6.45, 7) is 8.52. The lowest BCUT2D eigenvalue weighted by Crippen LogP contribution is -2.25. The molecule has 0 N–H and O–H groups in total. The van der Waals surface area contributed by atoms with Crippen LogP contribution in [-0.2, 0) is 23.8 Å². The Morgan fingerprint density at radius 2 is 2.00 bits per heavy atom. The van der Waals surface area contributed by atoms with Crippen LogP contribution in [0.5, 0.6) is 0 Å². The standard InChI is InChI=1S/C11H20O5S/c1-5-6-7-15-17(13,14)8-10(4)16-11(12)9(2)3/h10H,2,5-8H2,1,3-4H3. The molecular weight excluding hydrogens is 244 g/mol. The zero-order chi connectivity index (χ0) is 13.5. The molecule has 0 rings (SSSR count). The number of ether oxygens (including phenoxy) is 1. The molecule has 0 aliphatic rings. The van der Waals surface area contributed by atoms with Crippen molar-refractivity contribution >= 4 is 16.1 Å². The summed E-state index contributed by atoms with van der Waals surface area (Å²) in [5.74, 6) is -0.934. The van der Waals surface area contributed by atoms with Gasteiger partial charge in [-0.25, -0.2) is 4.79 Å². The molecule has 0 radical (unpaired) electrons. The molecule has 0 spiro atoms. The Morgan fingerprint density at radius 3 is 2.47 bits per heavy atom. The van der Waals surface area contributed by atoms with E-state index in [1.54, 1.807) is 0 Å². The van der Waals surface area contributed by atoms with Crippen molar-refractivity contribution in [1.29, 1.82) is 0 Å². The third-order valence-electron chi connectivity index (χ3n) is 1.86. The lowest BCUT2D eigenvalue weighted by Gasteiger charge is -2.13. The lowest BCUT2D eigenvalue weighted by molar-refractivity contribution is -0.142. The third kappa shape index (κ3) is 7.93. The van der Waals surface area contributed by atoms with E-state index in [0.717, 1.165) is 6.42 Å². The molecule has 0 amide bonds. The second-order valence-electron chi connectivity index (χ2n) is 3.90. The van der Waals surface area contributed by atoms with Crippen LogP contribution in [0.4, 0.5) is 0 Å². The van der Waals surface area contributed by atoms with E-state index in [2.05, 4.69) is 6.58 Å². The third-order valence-corrected chi connectivity index (χ3v) is 3.26. The summed E-state index contributed by atoms with van der Waals surface area (Å²) in [6, 6.07) is 0. The van der Waals surface area contributed by atoms with Gasteiger partial charge in [0.2, 0.25) is 0 Å². The molecule has 0 aliphatic carbocycles. The van der Waals surface area contributed by atoms with E-state index < -0.39 is 22.2 Å². The summed E-state index contributed by atoms with van der Waals surface area (Å²) in [5, 5.41) is 0.